The Balaban J connectivity index is 2.30. The van der Waals surface area contributed by atoms with Crippen LogP contribution in [0.2, 0.25) is 0 Å². The Bertz CT molecular complexity index is 161. The lowest BCUT2D eigenvalue weighted by Crippen LogP contribution is -2.45. The van der Waals surface area contributed by atoms with Gasteiger partial charge in [0.15, 0.2) is 0 Å². The van der Waals surface area contributed by atoms with Gasteiger partial charge in [-0.25, -0.2) is 0 Å². The third-order valence-electron chi connectivity index (χ3n) is 2.06. The third-order valence-corrected chi connectivity index (χ3v) is 2.06. The summed E-state index contributed by atoms with van der Waals surface area (Å²) in [6.07, 6.45) is 1.27. The molecule has 1 fully saturated rings. The Kier molecular flexibility index (Phi) is 3.49. The molecule has 1 aliphatic rings. The zero-order valence-corrected chi connectivity index (χ0v) is 7.45. The summed E-state index contributed by atoms with van der Waals surface area (Å²) in [5.74, 6) is -0.258. The van der Waals surface area contributed by atoms with E-state index >= 15 is 0 Å². The lowest BCUT2D eigenvalue weighted by atomic mass is 10.2. The quantitative estimate of drug-likeness (QED) is 0.629. The molecule has 0 saturated carbocycles. The molecule has 4 heteroatoms. The highest BCUT2D eigenvalue weighted by molar-refractivity contribution is 5.75. The number of nitrogens with zero attached hydrogens (tertiary/aromatic N) is 1. The SMILES string of the molecule is CC[C@H]1CN(CC(N)=O)CCO1. The molecule has 0 spiro atoms. The minimum absolute atomic E-state index is 0.258. The topological polar surface area (TPSA) is 55.6 Å². The highest BCUT2D eigenvalue weighted by Crippen LogP contribution is 2.06. The van der Waals surface area contributed by atoms with Crippen molar-refractivity contribution in [2.75, 3.05) is 26.2 Å². The molecule has 0 aromatic heterocycles. The first-order chi connectivity index (χ1) is 5.72. The fourth-order valence-electron chi connectivity index (χ4n) is 1.39. The van der Waals surface area contributed by atoms with E-state index in [2.05, 4.69) is 6.92 Å². The van der Waals surface area contributed by atoms with Crippen molar-refractivity contribution in [2.45, 2.75) is 19.4 Å². The summed E-state index contributed by atoms with van der Waals surface area (Å²) in [5, 5.41) is 0. The third kappa shape index (κ3) is 2.79. The van der Waals surface area contributed by atoms with Gasteiger partial charge in [0.1, 0.15) is 0 Å². The van der Waals surface area contributed by atoms with E-state index in [1.165, 1.54) is 0 Å². The second kappa shape index (κ2) is 4.42. The van der Waals surface area contributed by atoms with Crippen LogP contribution >= 0.6 is 0 Å². The first-order valence-electron chi connectivity index (χ1n) is 4.34. The number of hydrogen-bond acceptors (Lipinski definition) is 3. The van der Waals surface area contributed by atoms with Crippen LogP contribution in [0, 0.1) is 0 Å². The van der Waals surface area contributed by atoms with Crippen molar-refractivity contribution < 1.29 is 9.53 Å². The van der Waals surface area contributed by atoms with Crippen LogP contribution in [0.25, 0.3) is 0 Å². The zero-order valence-electron chi connectivity index (χ0n) is 7.45. The molecule has 1 atom stereocenters. The van der Waals surface area contributed by atoms with E-state index < -0.39 is 0 Å². The predicted molar refractivity (Wildman–Crippen MR) is 45.7 cm³/mol. The van der Waals surface area contributed by atoms with Crippen LogP contribution in [0.15, 0.2) is 0 Å². The van der Waals surface area contributed by atoms with Crippen LogP contribution < -0.4 is 5.73 Å². The van der Waals surface area contributed by atoms with Gasteiger partial charge >= 0.3 is 0 Å². The minimum atomic E-state index is -0.258. The van der Waals surface area contributed by atoms with Gasteiger partial charge in [0.05, 0.1) is 19.3 Å². The smallest absolute Gasteiger partial charge is 0.231 e. The molecule has 0 aromatic rings. The number of amides is 1. The van der Waals surface area contributed by atoms with Gasteiger partial charge in [-0.2, -0.15) is 0 Å². The van der Waals surface area contributed by atoms with E-state index in [4.69, 9.17) is 10.5 Å². The number of nitrogens with two attached hydrogens (primary N) is 1. The number of carbonyl (C=O) groups excluding carboxylic acids is 1. The summed E-state index contributed by atoms with van der Waals surface area (Å²) < 4.78 is 5.45. The summed E-state index contributed by atoms with van der Waals surface area (Å²) >= 11 is 0. The molecule has 4 nitrogen and oxygen atoms in total. The van der Waals surface area contributed by atoms with Crippen LogP contribution in [0.5, 0.6) is 0 Å². The van der Waals surface area contributed by atoms with Crippen LogP contribution in [0.4, 0.5) is 0 Å². The van der Waals surface area contributed by atoms with E-state index in [0.29, 0.717) is 13.2 Å². The predicted octanol–water partition coefficient (Wildman–Crippen LogP) is -0.417. The highest BCUT2D eigenvalue weighted by atomic mass is 16.5. The molecule has 2 N–H and O–H groups in total. The van der Waals surface area contributed by atoms with Crippen LogP contribution in [-0.4, -0.2) is 43.2 Å². The van der Waals surface area contributed by atoms with Crippen molar-refractivity contribution in [1.29, 1.82) is 0 Å². The van der Waals surface area contributed by atoms with E-state index in [1.807, 2.05) is 4.90 Å². The molecule has 0 radical (unpaired) electrons. The van der Waals surface area contributed by atoms with E-state index in [-0.39, 0.29) is 12.0 Å². The van der Waals surface area contributed by atoms with Gasteiger partial charge in [-0.05, 0) is 6.42 Å². The second-order valence-electron chi connectivity index (χ2n) is 3.10. The summed E-state index contributed by atoms with van der Waals surface area (Å²) in [4.78, 5) is 12.6. The maximum atomic E-state index is 10.6. The van der Waals surface area contributed by atoms with Crippen molar-refractivity contribution in [1.82, 2.24) is 4.90 Å². The molecular weight excluding hydrogens is 156 g/mol. The Morgan fingerprint density at radius 1 is 1.75 bits per heavy atom. The standard InChI is InChI=1S/C8H16N2O2/c1-2-7-5-10(3-4-12-7)6-8(9)11/h7H,2-6H2,1H3,(H2,9,11)/t7-/m0/s1. The molecule has 1 amide bonds. The Morgan fingerprint density at radius 3 is 3.08 bits per heavy atom. The zero-order chi connectivity index (χ0) is 8.97. The fourth-order valence-corrected chi connectivity index (χ4v) is 1.39. The normalized spacial score (nSPS) is 25.6. The molecule has 0 aliphatic carbocycles. The molecule has 0 bridgehead atoms. The maximum Gasteiger partial charge on any atom is 0.231 e. The van der Waals surface area contributed by atoms with Crippen LogP contribution in [0.3, 0.4) is 0 Å². The first kappa shape index (κ1) is 9.48. The lowest BCUT2D eigenvalue weighted by molar-refractivity contribution is -0.121. The summed E-state index contributed by atoms with van der Waals surface area (Å²) in [6, 6.07) is 0. The molecule has 0 unspecified atom stereocenters. The Morgan fingerprint density at radius 2 is 2.50 bits per heavy atom. The number of carbonyl (C=O) groups is 1. The molecule has 1 saturated heterocycles. The Labute approximate surface area is 72.7 Å². The summed E-state index contributed by atoms with van der Waals surface area (Å²) in [6.45, 7) is 4.81. The maximum absolute atomic E-state index is 10.6. The molecule has 1 heterocycles. The van der Waals surface area contributed by atoms with Gasteiger partial charge < -0.3 is 10.5 Å². The number of rotatable bonds is 3. The fraction of sp³-hybridized carbons (Fsp3) is 0.875. The van der Waals surface area contributed by atoms with E-state index in [1.54, 1.807) is 0 Å². The van der Waals surface area contributed by atoms with Crippen LogP contribution in [-0.2, 0) is 9.53 Å². The van der Waals surface area contributed by atoms with Crippen molar-refractivity contribution in [3.8, 4) is 0 Å². The first-order valence-corrected chi connectivity index (χ1v) is 4.34. The highest BCUT2D eigenvalue weighted by Gasteiger charge is 2.19. The number of morpholine rings is 1. The van der Waals surface area contributed by atoms with Crippen molar-refractivity contribution in [3.05, 3.63) is 0 Å². The number of primary amides is 1. The van der Waals surface area contributed by atoms with Gasteiger partial charge in [0.25, 0.3) is 0 Å². The molecule has 1 rings (SSSR count). The van der Waals surface area contributed by atoms with Crippen molar-refractivity contribution in [3.63, 3.8) is 0 Å². The molecule has 1 aliphatic heterocycles. The monoisotopic (exact) mass is 172 g/mol. The molecule has 12 heavy (non-hydrogen) atoms. The average molecular weight is 172 g/mol. The summed E-state index contributed by atoms with van der Waals surface area (Å²) in [5.41, 5.74) is 5.09. The number of ether oxygens (including phenoxy) is 1. The van der Waals surface area contributed by atoms with Gasteiger partial charge in [0.2, 0.25) is 5.91 Å². The van der Waals surface area contributed by atoms with Gasteiger partial charge in [-0.15, -0.1) is 0 Å². The minimum Gasteiger partial charge on any atom is -0.376 e. The average Bonchev–Trinajstić information content (AvgIpc) is 2.03. The second-order valence-corrected chi connectivity index (χ2v) is 3.10. The largest absolute Gasteiger partial charge is 0.376 e. The van der Waals surface area contributed by atoms with Gasteiger partial charge in [-0.3, -0.25) is 9.69 Å². The van der Waals surface area contributed by atoms with Crippen LogP contribution in [0.1, 0.15) is 13.3 Å². The van der Waals surface area contributed by atoms with Crippen molar-refractivity contribution in [2.24, 2.45) is 5.73 Å². The van der Waals surface area contributed by atoms with E-state index in [9.17, 15) is 4.79 Å². The van der Waals surface area contributed by atoms with Gasteiger partial charge in [0, 0.05) is 13.1 Å². The Hall–Kier alpha value is -0.610. The van der Waals surface area contributed by atoms with E-state index in [0.717, 1.165) is 19.5 Å². The van der Waals surface area contributed by atoms with Crippen molar-refractivity contribution >= 4 is 5.91 Å². The van der Waals surface area contributed by atoms with Gasteiger partial charge in [-0.1, -0.05) is 6.92 Å². The number of hydrogen-bond donors (Lipinski definition) is 1. The molecular formula is C8H16N2O2. The molecule has 0 aromatic carbocycles. The molecule has 70 valence electrons. The lowest BCUT2D eigenvalue weighted by Gasteiger charge is -2.31. The summed E-state index contributed by atoms with van der Waals surface area (Å²) in [7, 11) is 0.